The average molecular weight is 417 g/mol. The van der Waals surface area contributed by atoms with Gasteiger partial charge in [0.25, 0.3) is 0 Å². The van der Waals surface area contributed by atoms with Gasteiger partial charge < -0.3 is 4.74 Å². The van der Waals surface area contributed by atoms with E-state index in [4.69, 9.17) is 62.7 Å². The van der Waals surface area contributed by atoms with E-state index in [0.29, 0.717) is 0 Å². The highest BCUT2D eigenvalue weighted by atomic mass is 35.5. The number of rotatable bonds is 4. The largest absolute Gasteiger partial charge is 0.423 e. The molecule has 2 aromatic carbocycles. The van der Waals surface area contributed by atoms with E-state index in [2.05, 4.69) is 0 Å². The van der Waals surface area contributed by atoms with Gasteiger partial charge in [-0.25, -0.2) is 0 Å². The van der Waals surface area contributed by atoms with Crippen molar-refractivity contribution in [2.24, 2.45) is 0 Å². The number of hydrogen-bond acceptors (Lipinski definition) is 3. The molecule has 116 valence electrons. The Kier molecular flexibility index (Phi) is 6.57. The van der Waals surface area contributed by atoms with Crippen LogP contribution in [-0.2, 0) is 4.79 Å². The molecule has 22 heavy (non-hydrogen) atoms. The molecular weight excluding hydrogens is 409 g/mol. The minimum atomic E-state index is -0.535. The Balaban J connectivity index is 2.12. The predicted octanol–water partition coefficient (Wildman–Crippen LogP) is 6.65. The zero-order valence-electron chi connectivity index (χ0n) is 10.7. The lowest BCUT2D eigenvalue weighted by Gasteiger charge is -2.12. The number of esters is 1. The lowest BCUT2D eigenvalue weighted by Crippen LogP contribution is -2.11. The number of thioether (sulfide) groups is 1. The second-order valence-corrected chi connectivity index (χ2v) is 6.91. The number of hydrogen-bond donors (Lipinski definition) is 0. The van der Waals surface area contributed by atoms with Crippen molar-refractivity contribution in [1.29, 1.82) is 0 Å². The molecule has 2 nitrogen and oxygen atoms in total. The molecule has 0 fully saturated rings. The number of halogens is 5. The summed E-state index contributed by atoms with van der Waals surface area (Å²) in [4.78, 5) is 12.9. The van der Waals surface area contributed by atoms with Crippen LogP contribution in [0.4, 0.5) is 0 Å². The maximum atomic E-state index is 11.9. The van der Waals surface area contributed by atoms with Crippen LogP contribution in [-0.4, -0.2) is 11.7 Å². The molecule has 0 heterocycles. The van der Waals surface area contributed by atoms with Crippen molar-refractivity contribution in [3.8, 4) is 5.75 Å². The summed E-state index contributed by atoms with van der Waals surface area (Å²) in [6, 6.07) is 9.40. The van der Waals surface area contributed by atoms with Crippen molar-refractivity contribution in [2.75, 3.05) is 5.75 Å². The predicted molar refractivity (Wildman–Crippen MR) is 94.3 cm³/mol. The third kappa shape index (κ3) is 4.16. The Hall–Kier alpha value is -0.290. The van der Waals surface area contributed by atoms with Gasteiger partial charge >= 0.3 is 5.97 Å². The van der Waals surface area contributed by atoms with Crippen LogP contribution in [0.1, 0.15) is 0 Å². The van der Waals surface area contributed by atoms with E-state index in [1.807, 2.05) is 30.3 Å². The van der Waals surface area contributed by atoms with Crippen LogP contribution in [0.5, 0.6) is 5.75 Å². The Bertz CT molecular complexity index is 677. The summed E-state index contributed by atoms with van der Waals surface area (Å²) in [5.74, 6) is -0.553. The van der Waals surface area contributed by atoms with E-state index in [-0.39, 0.29) is 36.6 Å². The van der Waals surface area contributed by atoms with E-state index in [9.17, 15) is 4.79 Å². The maximum absolute atomic E-state index is 11.9. The summed E-state index contributed by atoms with van der Waals surface area (Å²) in [7, 11) is 0. The van der Waals surface area contributed by atoms with Crippen LogP contribution in [0.25, 0.3) is 0 Å². The summed E-state index contributed by atoms with van der Waals surface area (Å²) in [5, 5.41) is -0.137. The van der Waals surface area contributed by atoms with Gasteiger partial charge in [0.1, 0.15) is 10.0 Å². The fourth-order valence-electron chi connectivity index (χ4n) is 1.48. The molecule has 2 rings (SSSR count). The van der Waals surface area contributed by atoms with Gasteiger partial charge in [0.05, 0.1) is 20.8 Å². The molecular formula is C14H7Cl5O2S. The Morgan fingerprint density at radius 3 is 1.91 bits per heavy atom. The first kappa shape index (κ1) is 18.1. The van der Waals surface area contributed by atoms with Gasteiger partial charge in [-0.15, -0.1) is 11.8 Å². The smallest absolute Gasteiger partial charge is 0.321 e. The minimum absolute atomic E-state index is 0.0109. The fourth-order valence-corrected chi connectivity index (χ4v) is 3.37. The first-order valence-electron chi connectivity index (χ1n) is 5.81. The van der Waals surface area contributed by atoms with Gasteiger partial charge in [-0.05, 0) is 12.1 Å². The maximum Gasteiger partial charge on any atom is 0.321 e. The van der Waals surface area contributed by atoms with Crippen LogP contribution in [0.3, 0.4) is 0 Å². The lowest BCUT2D eigenvalue weighted by molar-refractivity contribution is -0.131. The summed E-state index contributed by atoms with van der Waals surface area (Å²) < 4.78 is 5.16. The second-order valence-electron chi connectivity index (χ2n) is 3.97. The number of carbonyl (C=O) groups is 1. The highest BCUT2D eigenvalue weighted by Gasteiger charge is 2.22. The van der Waals surface area contributed by atoms with Crippen molar-refractivity contribution in [3.63, 3.8) is 0 Å². The molecule has 0 spiro atoms. The second kappa shape index (κ2) is 8.00. The van der Waals surface area contributed by atoms with Gasteiger partial charge in [0.2, 0.25) is 0 Å². The van der Waals surface area contributed by atoms with E-state index in [1.165, 1.54) is 11.8 Å². The fraction of sp³-hybridized carbons (Fsp3) is 0.0714. The van der Waals surface area contributed by atoms with Gasteiger partial charge in [0, 0.05) is 4.90 Å². The third-order valence-corrected chi connectivity index (χ3v) is 5.71. The minimum Gasteiger partial charge on any atom is -0.423 e. The molecule has 0 saturated carbocycles. The Morgan fingerprint density at radius 1 is 0.864 bits per heavy atom. The van der Waals surface area contributed by atoms with Crippen molar-refractivity contribution >= 4 is 75.7 Å². The molecule has 0 aliphatic rings. The van der Waals surface area contributed by atoms with Crippen LogP contribution < -0.4 is 4.74 Å². The molecule has 0 saturated heterocycles. The number of ether oxygens (including phenoxy) is 1. The third-order valence-electron chi connectivity index (χ3n) is 2.49. The van der Waals surface area contributed by atoms with Crippen LogP contribution in [0.2, 0.25) is 25.1 Å². The van der Waals surface area contributed by atoms with Crippen LogP contribution in [0.15, 0.2) is 35.2 Å². The SMILES string of the molecule is O=C(CSc1ccccc1)Oc1c(Cl)c(Cl)c(Cl)c(Cl)c1Cl. The molecule has 0 bridgehead atoms. The zero-order chi connectivity index (χ0) is 16.3. The molecule has 2 aromatic rings. The quantitative estimate of drug-likeness (QED) is 0.183. The average Bonchev–Trinajstić information content (AvgIpc) is 2.54. The van der Waals surface area contributed by atoms with Crippen molar-refractivity contribution < 1.29 is 9.53 Å². The summed E-state index contributed by atoms with van der Waals surface area (Å²) in [5.41, 5.74) is 0. The summed E-state index contributed by atoms with van der Waals surface area (Å²) >= 11 is 31.0. The number of carbonyl (C=O) groups excluding carboxylic acids is 1. The lowest BCUT2D eigenvalue weighted by atomic mass is 10.3. The Morgan fingerprint density at radius 2 is 1.36 bits per heavy atom. The van der Waals surface area contributed by atoms with Crippen LogP contribution in [0, 0.1) is 0 Å². The van der Waals surface area contributed by atoms with Gasteiger partial charge in [-0.1, -0.05) is 76.2 Å². The standard InChI is InChI=1S/C14H7Cl5O2S/c15-9-10(16)12(18)14(13(19)11(9)17)21-8(20)6-22-7-4-2-1-3-5-7/h1-5H,6H2. The van der Waals surface area contributed by atoms with Gasteiger partial charge in [0.15, 0.2) is 5.75 Å². The number of benzene rings is 2. The molecule has 0 atom stereocenters. The van der Waals surface area contributed by atoms with E-state index in [0.717, 1.165) is 4.90 Å². The van der Waals surface area contributed by atoms with E-state index in [1.54, 1.807) is 0 Å². The van der Waals surface area contributed by atoms with Gasteiger partial charge in [-0.3, -0.25) is 4.79 Å². The highest BCUT2D eigenvalue weighted by molar-refractivity contribution is 8.00. The highest BCUT2D eigenvalue weighted by Crippen LogP contribution is 2.48. The van der Waals surface area contributed by atoms with E-state index >= 15 is 0 Å². The van der Waals surface area contributed by atoms with Crippen molar-refractivity contribution in [1.82, 2.24) is 0 Å². The topological polar surface area (TPSA) is 26.3 Å². The molecule has 0 aliphatic carbocycles. The molecule has 0 amide bonds. The normalized spacial score (nSPS) is 10.6. The molecule has 8 heteroatoms. The van der Waals surface area contributed by atoms with Crippen molar-refractivity contribution in [3.05, 3.63) is 55.4 Å². The molecule has 0 radical (unpaired) electrons. The first-order chi connectivity index (χ1) is 10.4. The molecule has 0 unspecified atom stereocenters. The molecule has 0 aromatic heterocycles. The first-order valence-corrected chi connectivity index (χ1v) is 8.69. The molecule has 0 N–H and O–H groups in total. The van der Waals surface area contributed by atoms with E-state index < -0.39 is 5.97 Å². The zero-order valence-corrected chi connectivity index (χ0v) is 15.3. The monoisotopic (exact) mass is 414 g/mol. The summed E-state index contributed by atoms with van der Waals surface area (Å²) in [6.07, 6.45) is 0. The Labute approximate surface area is 156 Å². The van der Waals surface area contributed by atoms with Gasteiger partial charge in [-0.2, -0.15) is 0 Å². The van der Waals surface area contributed by atoms with Crippen LogP contribution >= 0.6 is 69.8 Å². The summed E-state index contributed by atoms with van der Waals surface area (Å²) in [6.45, 7) is 0. The molecule has 0 aliphatic heterocycles. The van der Waals surface area contributed by atoms with Crippen molar-refractivity contribution in [2.45, 2.75) is 4.90 Å².